The highest BCUT2D eigenvalue weighted by Gasteiger charge is 2.29. The van der Waals surface area contributed by atoms with Crippen LogP contribution in [0.4, 0.5) is 5.69 Å². The van der Waals surface area contributed by atoms with Gasteiger partial charge in [-0.1, -0.05) is 11.6 Å². The summed E-state index contributed by atoms with van der Waals surface area (Å²) in [5, 5.41) is 4.28. The topological polar surface area (TPSA) is 64.1 Å². The molecule has 1 aromatic heterocycles. The van der Waals surface area contributed by atoms with Crippen molar-refractivity contribution in [3.63, 3.8) is 0 Å². The zero-order chi connectivity index (χ0) is 18.8. The van der Waals surface area contributed by atoms with E-state index in [0.717, 1.165) is 21.7 Å². The summed E-state index contributed by atoms with van der Waals surface area (Å²) in [5.41, 5.74) is 2.67. The first-order chi connectivity index (χ1) is 13.1. The van der Waals surface area contributed by atoms with Crippen LogP contribution < -0.4 is 10.1 Å². The van der Waals surface area contributed by atoms with Crippen molar-refractivity contribution in [2.45, 2.75) is 29.5 Å². The molecule has 136 valence electrons. The van der Waals surface area contributed by atoms with E-state index in [1.54, 1.807) is 30.6 Å². The summed E-state index contributed by atoms with van der Waals surface area (Å²) in [6, 6.07) is 13.0. The maximum absolute atomic E-state index is 12.6. The number of carbonyl (C=O) groups excluding carboxylic acids is 1. The summed E-state index contributed by atoms with van der Waals surface area (Å²) in [5.74, 6) is 0.545. The molecule has 1 amide bonds. The van der Waals surface area contributed by atoms with Crippen LogP contribution in [0.1, 0.15) is 11.1 Å². The van der Waals surface area contributed by atoms with Gasteiger partial charge in [0.1, 0.15) is 5.75 Å². The van der Waals surface area contributed by atoms with E-state index in [2.05, 4.69) is 15.3 Å². The summed E-state index contributed by atoms with van der Waals surface area (Å²) in [4.78, 5) is 22.0. The van der Waals surface area contributed by atoms with Gasteiger partial charge >= 0.3 is 0 Å². The fourth-order valence-electron chi connectivity index (χ4n) is 2.86. The Morgan fingerprint density at radius 3 is 2.81 bits per heavy atom. The number of ether oxygens (including phenoxy) is 1. The van der Waals surface area contributed by atoms with Gasteiger partial charge in [0.15, 0.2) is 11.3 Å². The van der Waals surface area contributed by atoms with Crippen LogP contribution in [0.2, 0.25) is 5.02 Å². The number of hydrogen-bond acceptors (Lipinski definition) is 5. The molecule has 1 aliphatic heterocycles. The first-order valence-corrected chi connectivity index (χ1v) is 9.59. The number of carbonyl (C=O) groups is 1. The molecule has 1 aliphatic rings. The number of nitrogens with one attached hydrogen (secondary N) is 1. The van der Waals surface area contributed by atoms with Crippen molar-refractivity contribution >= 4 is 35.0 Å². The Balaban J connectivity index is 1.43. The van der Waals surface area contributed by atoms with E-state index in [9.17, 15) is 4.79 Å². The second kappa shape index (κ2) is 7.58. The number of nitrogens with zero attached hydrogens (tertiary/aromatic N) is 2. The largest absolute Gasteiger partial charge is 0.480 e. The maximum Gasteiger partial charge on any atom is 0.265 e. The molecule has 0 spiro atoms. The Hall–Kier alpha value is -2.57. The number of aryl methyl sites for hydroxylation is 1. The van der Waals surface area contributed by atoms with Crippen LogP contribution in [0, 0.1) is 6.92 Å². The molecule has 5 nitrogen and oxygen atoms in total. The molecule has 27 heavy (non-hydrogen) atoms. The quantitative estimate of drug-likeness (QED) is 0.655. The van der Waals surface area contributed by atoms with Gasteiger partial charge in [0.05, 0.1) is 0 Å². The summed E-state index contributed by atoms with van der Waals surface area (Å²) < 4.78 is 5.75. The normalized spacial score (nSPS) is 15.1. The van der Waals surface area contributed by atoms with Gasteiger partial charge in [-0.15, -0.1) is 0 Å². The van der Waals surface area contributed by atoms with Crippen LogP contribution in [0.3, 0.4) is 0 Å². The van der Waals surface area contributed by atoms with E-state index in [4.69, 9.17) is 16.3 Å². The molecular formula is C20H16ClN3O2S. The zero-order valence-corrected chi connectivity index (χ0v) is 16.1. The van der Waals surface area contributed by atoms with Crippen molar-refractivity contribution in [3.8, 4) is 5.75 Å². The van der Waals surface area contributed by atoms with Crippen LogP contribution in [-0.4, -0.2) is 22.0 Å². The van der Waals surface area contributed by atoms with Gasteiger partial charge in [0.25, 0.3) is 5.91 Å². The van der Waals surface area contributed by atoms with E-state index in [1.165, 1.54) is 11.8 Å². The fraction of sp³-hybridized carbons (Fsp3) is 0.150. The van der Waals surface area contributed by atoms with Crippen molar-refractivity contribution in [2.75, 3.05) is 5.32 Å². The first-order valence-electron chi connectivity index (χ1n) is 8.40. The highest BCUT2D eigenvalue weighted by molar-refractivity contribution is 7.99. The van der Waals surface area contributed by atoms with Gasteiger partial charge in [-0.2, -0.15) is 0 Å². The maximum atomic E-state index is 12.6. The van der Waals surface area contributed by atoms with Gasteiger partial charge in [-0.25, -0.2) is 9.97 Å². The second-order valence-electron chi connectivity index (χ2n) is 6.16. The van der Waals surface area contributed by atoms with Crippen LogP contribution in [0.15, 0.2) is 64.9 Å². The lowest BCUT2D eigenvalue weighted by Crippen LogP contribution is -2.31. The SMILES string of the molecule is Cc1cc(Sc2ncccn2)ccc1NC(=O)C1Cc2cc(Cl)ccc2O1. The number of rotatable bonds is 4. The molecule has 3 aromatic rings. The monoisotopic (exact) mass is 397 g/mol. The number of fused-ring (bicyclic) bond motifs is 1. The van der Waals surface area contributed by atoms with E-state index in [0.29, 0.717) is 22.3 Å². The summed E-state index contributed by atoms with van der Waals surface area (Å²) in [7, 11) is 0. The lowest BCUT2D eigenvalue weighted by molar-refractivity contribution is -0.122. The van der Waals surface area contributed by atoms with Gasteiger partial charge in [0.2, 0.25) is 0 Å². The molecule has 0 fully saturated rings. The Morgan fingerprint density at radius 1 is 1.22 bits per heavy atom. The molecule has 1 N–H and O–H groups in total. The van der Waals surface area contributed by atoms with Gasteiger partial charge in [0, 0.05) is 34.4 Å². The second-order valence-corrected chi connectivity index (χ2v) is 7.64. The molecule has 2 heterocycles. The average molecular weight is 398 g/mol. The van der Waals surface area contributed by atoms with E-state index in [-0.39, 0.29) is 5.91 Å². The predicted octanol–water partition coefficient (Wildman–Crippen LogP) is 4.53. The van der Waals surface area contributed by atoms with Crippen molar-refractivity contribution in [1.82, 2.24) is 9.97 Å². The molecule has 7 heteroatoms. The number of halogens is 1. The summed E-state index contributed by atoms with van der Waals surface area (Å²) >= 11 is 7.48. The van der Waals surface area contributed by atoms with Crippen molar-refractivity contribution in [2.24, 2.45) is 0 Å². The molecule has 4 rings (SSSR count). The summed E-state index contributed by atoms with van der Waals surface area (Å²) in [6.07, 6.45) is 3.39. The third-order valence-electron chi connectivity index (χ3n) is 4.20. The Labute approximate surface area is 166 Å². The predicted molar refractivity (Wildman–Crippen MR) is 106 cm³/mol. The van der Waals surface area contributed by atoms with Gasteiger partial charge in [-0.3, -0.25) is 4.79 Å². The molecule has 0 saturated carbocycles. The standard InChI is InChI=1S/C20H16ClN3O2S/c1-12-9-15(27-20-22-7-2-8-23-20)4-5-16(12)24-19(25)18-11-13-10-14(21)3-6-17(13)26-18/h2-10,18H,11H2,1H3,(H,24,25). The third-order valence-corrected chi connectivity index (χ3v) is 5.31. The van der Waals surface area contributed by atoms with Gasteiger partial charge in [-0.05, 0) is 72.3 Å². The molecule has 2 aromatic carbocycles. The van der Waals surface area contributed by atoms with Crippen molar-refractivity contribution < 1.29 is 9.53 Å². The minimum atomic E-state index is -0.551. The number of amides is 1. The highest BCUT2D eigenvalue weighted by Crippen LogP contribution is 2.32. The molecule has 0 bridgehead atoms. The van der Waals surface area contributed by atoms with Crippen molar-refractivity contribution in [1.29, 1.82) is 0 Å². The number of hydrogen-bond donors (Lipinski definition) is 1. The third kappa shape index (κ3) is 4.07. The first kappa shape index (κ1) is 17.8. The lowest BCUT2D eigenvalue weighted by atomic mass is 10.1. The smallest absolute Gasteiger partial charge is 0.265 e. The average Bonchev–Trinajstić information content (AvgIpc) is 3.08. The number of anilines is 1. The lowest BCUT2D eigenvalue weighted by Gasteiger charge is -2.13. The summed E-state index contributed by atoms with van der Waals surface area (Å²) in [6.45, 7) is 1.95. The Kier molecular flexibility index (Phi) is 5.01. The minimum absolute atomic E-state index is 0.169. The number of benzene rings is 2. The minimum Gasteiger partial charge on any atom is -0.480 e. The van der Waals surface area contributed by atoms with Crippen LogP contribution >= 0.6 is 23.4 Å². The molecular weight excluding hydrogens is 382 g/mol. The number of aromatic nitrogens is 2. The molecule has 0 saturated heterocycles. The van der Waals surface area contributed by atoms with Crippen LogP contribution in [0.5, 0.6) is 5.75 Å². The van der Waals surface area contributed by atoms with Gasteiger partial charge < -0.3 is 10.1 Å². The Morgan fingerprint density at radius 2 is 2.04 bits per heavy atom. The van der Waals surface area contributed by atoms with E-state index in [1.807, 2.05) is 31.2 Å². The molecule has 0 aliphatic carbocycles. The van der Waals surface area contributed by atoms with Crippen LogP contribution in [-0.2, 0) is 11.2 Å². The fourth-order valence-corrected chi connectivity index (χ4v) is 3.86. The molecule has 0 radical (unpaired) electrons. The van der Waals surface area contributed by atoms with E-state index < -0.39 is 6.10 Å². The molecule has 1 unspecified atom stereocenters. The highest BCUT2D eigenvalue weighted by atomic mass is 35.5. The van der Waals surface area contributed by atoms with E-state index >= 15 is 0 Å². The Bertz CT molecular complexity index is 998. The molecule has 1 atom stereocenters. The zero-order valence-electron chi connectivity index (χ0n) is 14.5. The van der Waals surface area contributed by atoms with Crippen LogP contribution in [0.25, 0.3) is 0 Å². The van der Waals surface area contributed by atoms with Crippen molar-refractivity contribution in [3.05, 3.63) is 71.0 Å².